The quantitative estimate of drug-likeness (QED) is 0.389. The third-order valence-corrected chi connectivity index (χ3v) is 5.13. The topological polar surface area (TPSA) is 113 Å². The maximum absolute atomic E-state index is 12.3. The van der Waals surface area contributed by atoms with Crippen molar-refractivity contribution in [2.24, 2.45) is 0 Å². The van der Waals surface area contributed by atoms with E-state index in [1.165, 1.54) is 17.6 Å². The summed E-state index contributed by atoms with van der Waals surface area (Å²) in [5.41, 5.74) is 2.24. The van der Waals surface area contributed by atoms with E-state index < -0.39 is 0 Å². The van der Waals surface area contributed by atoms with Crippen molar-refractivity contribution in [2.75, 3.05) is 16.0 Å². The summed E-state index contributed by atoms with van der Waals surface area (Å²) in [7, 11) is 0. The second-order valence-electron chi connectivity index (χ2n) is 6.70. The van der Waals surface area contributed by atoms with Gasteiger partial charge in [-0.1, -0.05) is 18.2 Å². The molecule has 0 radical (unpaired) electrons. The largest absolute Gasteiger partial charge is 0.459 e. The molecule has 3 N–H and O–H groups in total. The Morgan fingerprint density at radius 3 is 2.22 bits per heavy atom. The van der Waals surface area contributed by atoms with Crippen LogP contribution >= 0.6 is 11.3 Å². The zero-order valence-electron chi connectivity index (χ0n) is 16.7. The number of aromatic nitrogens is 1. The molecule has 2 heterocycles. The highest BCUT2D eigenvalue weighted by molar-refractivity contribution is 7.14. The summed E-state index contributed by atoms with van der Waals surface area (Å²) >= 11 is 1.26. The van der Waals surface area contributed by atoms with E-state index in [1.54, 1.807) is 66.0 Å². The van der Waals surface area contributed by atoms with Crippen LogP contribution in [0.5, 0.6) is 0 Å². The SMILES string of the molecule is O=C(Cc1csc(NC(=O)c2ccccc2)n1)Nc1ccc(NC(=O)c2ccco2)cc1. The zero-order valence-corrected chi connectivity index (χ0v) is 17.5. The molecule has 0 unspecified atom stereocenters. The molecule has 2 aromatic carbocycles. The van der Waals surface area contributed by atoms with Crippen molar-refractivity contribution < 1.29 is 18.8 Å². The molecule has 0 atom stereocenters. The van der Waals surface area contributed by atoms with Gasteiger partial charge in [0.1, 0.15) is 0 Å². The van der Waals surface area contributed by atoms with E-state index >= 15 is 0 Å². The van der Waals surface area contributed by atoms with Gasteiger partial charge in [0.2, 0.25) is 5.91 Å². The molecule has 0 saturated carbocycles. The lowest BCUT2D eigenvalue weighted by Gasteiger charge is -2.07. The lowest BCUT2D eigenvalue weighted by atomic mass is 10.2. The van der Waals surface area contributed by atoms with Gasteiger partial charge in [0.25, 0.3) is 11.8 Å². The fraction of sp³-hybridized carbons (Fsp3) is 0.0435. The number of anilines is 3. The van der Waals surface area contributed by atoms with Crippen molar-refractivity contribution in [3.63, 3.8) is 0 Å². The van der Waals surface area contributed by atoms with Crippen molar-refractivity contribution in [1.82, 2.24) is 4.98 Å². The van der Waals surface area contributed by atoms with Crippen LogP contribution in [0, 0.1) is 0 Å². The molecule has 0 fully saturated rings. The standard InChI is InChI=1S/C23H18N4O4S/c28-20(13-18-14-32-23(26-18)27-21(29)15-5-2-1-3-6-15)24-16-8-10-17(11-9-16)25-22(30)19-7-4-12-31-19/h1-12,14H,13H2,(H,24,28)(H,25,30)(H,26,27,29). The second kappa shape index (κ2) is 9.71. The van der Waals surface area contributed by atoms with Crippen molar-refractivity contribution in [3.8, 4) is 0 Å². The Hall–Kier alpha value is -4.24. The zero-order chi connectivity index (χ0) is 22.3. The molecule has 3 amide bonds. The molecule has 9 heteroatoms. The van der Waals surface area contributed by atoms with Crippen LogP contribution in [0.2, 0.25) is 0 Å². The number of hydrogen-bond acceptors (Lipinski definition) is 6. The average molecular weight is 446 g/mol. The average Bonchev–Trinajstić information content (AvgIpc) is 3.48. The Labute approximate surface area is 187 Å². The molecule has 4 aromatic rings. The maximum atomic E-state index is 12.3. The number of thiazole rings is 1. The van der Waals surface area contributed by atoms with Crippen LogP contribution in [-0.2, 0) is 11.2 Å². The van der Waals surface area contributed by atoms with Crippen molar-refractivity contribution in [2.45, 2.75) is 6.42 Å². The Morgan fingerprint density at radius 1 is 0.812 bits per heavy atom. The first-order valence-corrected chi connectivity index (χ1v) is 10.5. The Balaban J connectivity index is 1.28. The lowest BCUT2D eigenvalue weighted by molar-refractivity contribution is -0.115. The van der Waals surface area contributed by atoms with Gasteiger partial charge in [0, 0.05) is 22.3 Å². The number of carbonyl (C=O) groups excluding carboxylic acids is 3. The van der Waals surface area contributed by atoms with E-state index in [9.17, 15) is 14.4 Å². The summed E-state index contributed by atoms with van der Waals surface area (Å²) in [5, 5.41) is 10.4. The summed E-state index contributed by atoms with van der Waals surface area (Å²) in [6, 6.07) is 18.8. The van der Waals surface area contributed by atoms with Crippen molar-refractivity contribution in [1.29, 1.82) is 0 Å². The third-order valence-electron chi connectivity index (χ3n) is 4.32. The molecule has 0 aliphatic carbocycles. The lowest BCUT2D eigenvalue weighted by Crippen LogP contribution is -2.15. The number of furan rings is 1. The van der Waals surface area contributed by atoms with Gasteiger partial charge in [0.15, 0.2) is 10.9 Å². The summed E-state index contributed by atoms with van der Waals surface area (Å²) in [6.07, 6.45) is 1.49. The van der Waals surface area contributed by atoms with Gasteiger partial charge in [-0.15, -0.1) is 11.3 Å². The first-order chi connectivity index (χ1) is 15.6. The van der Waals surface area contributed by atoms with Crippen LogP contribution in [0.15, 0.2) is 82.8 Å². The van der Waals surface area contributed by atoms with Crippen LogP contribution < -0.4 is 16.0 Å². The molecule has 0 spiro atoms. The number of amides is 3. The molecular weight excluding hydrogens is 428 g/mol. The van der Waals surface area contributed by atoms with E-state index in [2.05, 4.69) is 20.9 Å². The summed E-state index contributed by atoms with van der Waals surface area (Å²) in [5.74, 6) is -0.644. The van der Waals surface area contributed by atoms with Gasteiger partial charge in [-0.2, -0.15) is 0 Å². The fourth-order valence-electron chi connectivity index (χ4n) is 2.81. The predicted octanol–water partition coefficient (Wildman–Crippen LogP) is 4.42. The monoisotopic (exact) mass is 446 g/mol. The first-order valence-electron chi connectivity index (χ1n) is 9.62. The number of nitrogens with zero attached hydrogens (tertiary/aromatic N) is 1. The summed E-state index contributed by atoms with van der Waals surface area (Å²) in [4.78, 5) is 40.8. The molecular formula is C23H18N4O4S. The normalized spacial score (nSPS) is 10.4. The minimum absolute atomic E-state index is 0.0642. The smallest absolute Gasteiger partial charge is 0.291 e. The molecule has 8 nitrogen and oxygen atoms in total. The van der Waals surface area contributed by atoms with Gasteiger partial charge < -0.3 is 15.1 Å². The molecule has 32 heavy (non-hydrogen) atoms. The predicted molar refractivity (Wildman–Crippen MR) is 122 cm³/mol. The van der Waals surface area contributed by atoms with Gasteiger partial charge >= 0.3 is 0 Å². The Bertz CT molecular complexity index is 1220. The van der Waals surface area contributed by atoms with Gasteiger partial charge in [-0.25, -0.2) is 4.98 Å². The van der Waals surface area contributed by atoms with E-state index in [4.69, 9.17) is 4.42 Å². The minimum Gasteiger partial charge on any atom is -0.459 e. The fourth-order valence-corrected chi connectivity index (χ4v) is 3.52. The van der Waals surface area contributed by atoms with E-state index in [-0.39, 0.29) is 29.9 Å². The number of benzene rings is 2. The van der Waals surface area contributed by atoms with E-state index in [0.717, 1.165) is 0 Å². The highest BCUT2D eigenvalue weighted by Gasteiger charge is 2.12. The molecule has 0 aliphatic rings. The molecule has 0 aliphatic heterocycles. The van der Waals surface area contributed by atoms with Gasteiger partial charge in [0.05, 0.1) is 18.4 Å². The molecule has 2 aromatic heterocycles. The van der Waals surface area contributed by atoms with Crippen LogP contribution in [0.4, 0.5) is 16.5 Å². The Kier molecular flexibility index (Phi) is 6.38. The molecule has 0 saturated heterocycles. The van der Waals surface area contributed by atoms with Gasteiger partial charge in [-0.3, -0.25) is 19.7 Å². The highest BCUT2D eigenvalue weighted by Crippen LogP contribution is 2.18. The maximum Gasteiger partial charge on any atom is 0.291 e. The molecule has 4 rings (SSSR count). The Morgan fingerprint density at radius 2 is 1.53 bits per heavy atom. The van der Waals surface area contributed by atoms with E-state index in [0.29, 0.717) is 27.8 Å². The minimum atomic E-state index is -0.356. The second-order valence-corrected chi connectivity index (χ2v) is 7.56. The number of rotatable bonds is 7. The van der Waals surface area contributed by atoms with Crippen LogP contribution in [0.1, 0.15) is 26.6 Å². The molecule has 0 bridgehead atoms. The third kappa shape index (κ3) is 5.46. The highest BCUT2D eigenvalue weighted by atomic mass is 32.1. The molecule has 160 valence electrons. The van der Waals surface area contributed by atoms with Crippen LogP contribution in [0.3, 0.4) is 0 Å². The van der Waals surface area contributed by atoms with Crippen molar-refractivity contribution in [3.05, 3.63) is 95.4 Å². The summed E-state index contributed by atoms with van der Waals surface area (Å²) < 4.78 is 5.05. The van der Waals surface area contributed by atoms with Gasteiger partial charge in [-0.05, 0) is 48.5 Å². The number of hydrogen-bond donors (Lipinski definition) is 3. The number of carbonyl (C=O) groups is 3. The van der Waals surface area contributed by atoms with E-state index in [1.807, 2.05) is 6.07 Å². The van der Waals surface area contributed by atoms with Crippen LogP contribution in [-0.4, -0.2) is 22.7 Å². The van der Waals surface area contributed by atoms with Crippen LogP contribution in [0.25, 0.3) is 0 Å². The summed E-state index contributed by atoms with van der Waals surface area (Å²) in [6.45, 7) is 0. The first kappa shape index (κ1) is 21.0. The van der Waals surface area contributed by atoms with Crippen molar-refractivity contribution >= 4 is 45.6 Å². The number of nitrogens with one attached hydrogen (secondary N) is 3.